The van der Waals surface area contributed by atoms with E-state index >= 15 is 0 Å². The monoisotopic (exact) mass is 147 g/mol. The van der Waals surface area contributed by atoms with Crippen molar-refractivity contribution >= 4 is 0 Å². The second-order valence-corrected chi connectivity index (χ2v) is 2.23. The smallest absolute Gasteiger partial charge is 0.115 e. The van der Waals surface area contributed by atoms with Crippen molar-refractivity contribution in [3.8, 4) is 0 Å². The van der Waals surface area contributed by atoms with Crippen molar-refractivity contribution in [1.29, 1.82) is 0 Å². The molecule has 0 aromatic heterocycles. The van der Waals surface area contributed by atoms with Crippen LogP contribution >= 0.6 is 0 Å². The summed E-state index contributed by atoms with van der Waals surface area (Å²) in [5.41, 5.74) is 0. The van der Waals surface area contributed by atoms with E-state index in [2.05, 4.69) is 0 Å². The molecule has 1 aliphatic heterocycles. The molecule has 2 N–H and O–H groups in total. The molecule has 0 aliphatic carbocycles. The summed E-state index contributed by atoms with van der Waals surface area (Å²) in [6, 6.07) is 0. The quantitative estimate of drug-likeness (QED) is 0.495. The molecule has 1 fully saturated rings. The Balaban J connectivity index is 2.42. The maximum absolute atomic E-state index is 9.15. The van der Waals surface area contributed by atoms with E-state index in [-0.39, 0.29) is 6.61 Å². The third-order valence-corrected chi connectivity index (χ3v) is 1.50. The number of hydrogen-bond donors (Lipinski definition) is 2. The first-order chi connectivity index (χ1) is 4.75. The van der Waals surface area contributed by atoms with Crippen molar-refractivity contribution in [3.63, 3.8) is 0 Å². The number of aliphatic hydroxyl groups excluding tert-OH is 2. The third kappa shape index (κ3) is 1.46. The van der Waals surface area contributed by atoms with Crippen LogP contribution in [0, 0.1) is 6.61 Å². The molecule has 0 saturated carbocycles. The molecule has 3 atom stereocenters. The zero-order chi connectivity index (χ0) is 7.56. The summed E-state index contributed by atoms with van der Waals surface area (Å²) >= 11 is 0. The number of aliphatic hydroxyl groups is 2. The number of hydrogen-bond acceptors (Lipinski definition) is 4. The van der Waals surface area contributed by atoms with Crippen molar-refractivity contribution in [3.05, 3.63) is 6.61 Å². The average molecular weight is 147 g/mol. The van der Waals surface area contributed by atoms with Crippen LogP contribution in [0.2, 0.25) is 0 Å². The van der Waals surface area contributed by atoms with Crippen LogP contribution in [0.4, 0.5) is 0 Å². The SMILES string of the molecule is CO[C@H]1[CH]OC[C@@H](O)[C@@H]1O. The van der Waals surface area contributed by atoms with Gasteiger partial charge in [0.2, 0.25) is 0 Å². The standard InChI is InChI=1S/C6H11O4/c1-9-5-3-10-2-4(7)6(5)8/h3-8H,2H2,1H3/t4-,5+,6+/m1/s1. The first-order valence-corrected chi connectivity index (χ1v) is 3.09. The van der Waals surface area contributed by atoms with E-state index in [0.29, 0.717) is 0 Å². The molecule has 1 saturated heterocycles. The molecule has 59 valence electrons. The molecule has 4 heteroatoms. The zero-order valence-corrected chi connectivity index (χ0v) is 5.73. The summed E-state index contributed by atoms with van der Waals surface area (Å²) in [6.07, 6.45) is -2.21. The predicted octanol–water partition coefficient (Wildman–Crippen LogP) is -1.08. The Morgan fingerprint density at radius 3 is 2.80 bits per heavy atom. The lowest BCUT2D eigenvalue weighted by molar-refractivity contribution is -0.135. The van der Waals surface area contributed by atoms with Crippen molar-refractivity contribution < 1.29 is 19.7 Å². The Morgan fingerprint density at radius 2 is 2.30 bits per heavy atom. The molecule has 1 aliphatic rings. The third-order valence-electron chi connectivity index (χ3n) is 1.50. The molecule has 0 amide bonds. The fourth-order valence-electron chi connectivity index (χ4n) is 0.842. The van der Waals surface area contributed by atoms with Crippen LogP contribution in [-0.2, 0) is 9.47 Å². The number of methoxy groups -OCH3 is 1. The van der Waals surface area contributed by atoms with Gasteiger partial charge in [-0.15, -0.1) is 0 Å². The highest BCUT2D eigenvalue weighted by Gasteiger charge is 2.31. The summed E-state index contributed by atoms with van der Waals surface area (Å²) in [6.45, 7) is 1.53. The van der Waals surface area contributed by atoms with Gasteiger partial charge in [0, 0.05) is 7.11 Å². The number of ether oxygens (including phenoxy) is 2. The molecule has 4 nitrogen and oxygen atoms in total. The highest BCUT2D eigenvalue weighted by molar-refractivity contribution is 4.86. The molecule has 0 unspecified atom stereocenters. The maximum Gasteiger partial charge on any atom is 0.115 e. The van der Waals surface area contributed by atoms with Crippen molar-refractivity contribution in [1.82, 2.24) is 0 Å². The van der Waals surface area contributed by atoms with E-state index in [1.54, 1.807) is 0 Å². The molecule has 0 bridgehead atoms. The lowest BCUT2D eigenvalue weighted by atomic mass is 10.1. The molecular formula is C6H11O4. The summed E-state index contributed by atoms with van der Waals surface area (Å²) in [4.78, 5) is 0. The summed E-state index contributed by atoms with van der Waals surface area (Å²) in [7, 11) is 1.45. The van der Waals surface area contributed by atoms with Gasteiger partial charge in [0.1, 0.15) is 24.9 Å². The largest absolute Gasteiger partial charge is 0.388 e. The van der Waals surface area contributed by atoms with Gasteiger partial charge in [0.05, 0.1) is 6.61 Å². The van der Waals surface area contributed by atoms with Gasteiger partial charge in [-0.05, 0) is 0 Å². The minimum Gasteiger partial charge on any atom is -0.388 e. The van der Waals surface area contributed by atoms with Gasteiger partial charge in [0.15, 0.2) is 0 Å². The molecule has 1 rings (SSSR count). The van der Waals surface area contributed by atoms with Gasteiger partial charge in [-0.25, -0.2) is 0 Å². The van der Waals surface area contributed by atoms with Crippen molar-refractivity contribution in [2.24, 2.45) is 0 Å². The van der Waals surface area contributed by atoms with Crippen LogP contribution < -0.4 is 0 Å². The van der Waals surface area contributed by atoms with Crippen molar-refractivity contribution in [2.45, 2.75) is 18.3 Å². The average Bonchev–Trinajstić information content (AvgIpc) is 1.95. The molecule has 0 aromatic rings. The van der Waals surface area contributed by atoms with E-state index in [9.17, 15) is 0 Å². The highest BCUT2D eigenvalue weighted by Crippen LogP contribution is 2.13. The number of rotatable bonds is 1. The summed E-state index contributed by atoms with van der Waals surface area (Å²) < 4.78 is 9.58. The van der Waals surface area contributed by atoms with E-state index in [4.69, 9.17) is 19.7 Å². The van der Waals surface area contributed by atoms with Gasteiger partial charge in [-0.2, -0.15) is 0 Å². The van der Waals surface area contributed by atoms with E-state index in [1.807, 2.05) is 0 Å². The van der Waals surface area contributed by atoms with Gasteiger partial charge < -0.3 is 19.7 Å². The summed E-state index contributed by atoms with van der Waals surface area (Å²) in [5.74, 6) is 0. The normalized spacial score (nSPS) is 41.7. The topological polar surface area (TPSA) is 58.9 Å². The molecule has 1 radical (unpaired) electrons. The minimum absolute atomic E-state index is 0.140. The Kier molecular flexibility index (Phi) is 2.62. The molecule has 10 heavy (non-hydrogen) atoms. The minimum atomic E-state index is -0.862. The second kappa shape index (κ2) is 3.30. The van der Waals surface area contributed by atoms with Gasteiger partial charge in [-0.3, -0.25) is 0 Å². The van der Waals surface area contributed by atoms with Crippen LogP contribution in [0.5, 0.6) is 0 Å². The van der Waals surface area contributed by atoms with Crippen LogP contribution in [0.15, 0.2) is 0 Å². The second-order valence-electron chi connectivity index (χ2n) is 2.23. The summed E-state index contributed by atoms with van der Waals surface area (Å²) in [5, 5.41) is 18.2. The zero-order valence-electron chi connectivity index (χ0n) is 5.73. The van der Waals surface area contributed by atoms with Crippen molar-refractivity contribution in [2.75, 3.05) is 13.7 Å². The first kappa shape index (κ1) is 7.94. The predicted molar refractivity (Wildman–Crippen MR) is 33.1 cm³/mol. The van der Waals surface area contributed by atoms with Gasteiger partial charge in [0.25, 0.3) is 0 Å². The van der Waals surface area contributed by atoms with E-state index < -0.39 is 18.3 Å². The highest BCUT2D eigenvalue weighted by atomic mass is 16.5. The Hall–Kier alpha value is -0.160. The maximum atomic E-state index is 9.15. The van der Waals surface area contributed by atoms with Gasteiger partial charge >= 0.3 is 0 Å². The van der Waals surface area contributed by atoms with Crippen LogP contribution in [0.25, 0.3) is 0 Å². The van der Waals surface area contributed by atoms with Crippen LogP contribution in [0.1, 0.15) is 0 Å². The lowest BCUT2D eigenvalue weighted by Gasteiger charge is -2.29. The fraction of sp³-hybridized carbons (Fsp3) is 0.833. The first-order valence-electron chi connectivity index (χ1n) is 3.09. The molecule has 0 spiro atoms. The van der Waals surface area contributed by atoms with Gasteiger partial charge in [-0.1, -0.05) is 0 Å². The lowest BCUT2D eigenvalue weighted by Crippen LogP contribution is -2.45. The molecular weight excluding hydrogens is 136 g/mol. The molecule has 0 aromatic carbocycles. The fourth-order valence-corrected chi connectivity index (χ4v) is 0.842. The van der Waals surface area contributed by atoms with Crippen LogP contribution in [0.3, 0.4) is 0 Å². The molecule has 1 heterocycles. The Bertz CT molecular complexity index is 106. The Morgan fingerprint density at radius 1 is 1.60 bits per heavy atom. The van der Waals surface area contributed by atoms with Crippen LogP contribution in [-0.4, -0.2) is 42.2 Å². The van der Waals surface area contributed by atoms with E-state index in [0.717, 1.165) is 0 Å². The van der Waals surface area contributed by atoms with E-state index in [1.165, 1.54) is 13.7 Å². The Labute approximate surface area is 59.4 Å².